The van der Waals surface area contributed by atoms with Gasteiger partial charge in [0.2, 0.25) is 5.91 Å². The van der Waals surface area contributed by atoms with E-state index in [0.717, 1.165) is 18.5 Å². The van der Waals surface area contributed by atoms with Crippen molar-refractivity contribution < 1.29 is 9.59 Å². The highest BCUT2D eigenvalue weighted by atomic mass is 32.1. The smallest absolute Gasteiger partial charge is 0.258 e. The lowest BCUT2D eigenvalue weighted by Crippen LogP contribution is -2.27. The molecule has 1 N–H and O–H groups in total. The zero-order chi connectivity index (χ0) is 13.7. The van der Waals surface area contributed by atoms with Crippen molar-refractivity contribution in [2.45, 2.75) is 12.8 Å². The maximum absolute atomic E-state index is 12.6. The van der Waals surface area contributed by atoms with Crippen molar-refractivity contribution in [2.24, 2.45) is 5.92 Å². The van der Waals surface area contributed by atoms with E-state index >= 15 is 0 Å². The Hall–Kier alpha value is -2.14. The molecule has 0 bridgehead atoms. The van der Waals surface area contributed by atoms with Crippen LogP contribution in [0, 0.1) is 5.92 Å². The van der Waals surface area contributed by atoms with Crippen LogP contribution in [0.1, 0.15) is 23.2 Å². The number of hydrogen-bond acceptors (Lipinski definition) is 3. The predicted octanol–water partition coefficient (Wildman–Crippen LogP) is 3.39. The van der Waals surface area contributed by atoms with Gasteiger partial charge >= 0.3 is 0 Å². The van der Waals surface area contributed by atoms with Gasteiger partial charge in [0.1, 0.15) is 0 Å². The molecule has 2 aromatic rings. The van der Waals surface area contributed by atoms with E-state index in [9.17, 15) is 9.59 Å². The molecule has 2 aliphatic rings. The lowest BCUT2D eigenvalue weighted by atomic mass is 10.2. The fourth-order valence-electron chi connectivity index (χ4n) is 2.48. The molecule has 1 saturated carbocycles. The van der Waals surface area contributed by atoms with Crippen molar-refractivity contribution in [3.8, 4) is 0 Å². The number of rotatable bonds is 1. The molecular formula is C15H12N2O2S. The number of carbonyl (C=O) groups excluding carboxylic acids is 2. The van der Waals surface area contributed by atoms with Gasteiger partial charge in [0.15, 0.2) is 0 Å². The zero-order valence-corrected chi connectivity index (χ0v) is 11.4. The predicted molar refractivity (Wildman–Crippen MR) is 78.6 cm³/mol. The Labute approximate surface area is 120 Å². The van der Waals surface area contributed by atoms with Gasteiger partial charge in [-0.2, -0.15) is 0 Å². The quantitative estimate of drug-likeness (QED) is 0.872. The van der Waals surface area contributed by atoms with Crippen molar-refractivity contribution in [2.75, 3.05) is 10.2 Å². The van der Waals surface area contributed by atoms with E-state index in [1.54, 1.807) is 10.3 Å². The molecule has 0 unspecified atom stereocenters. The van der Waals surface area contributed by atoms with Gasteiger partial charge in [-0.25, -0.2) is 0 Å². The van der Waals surface area contributed by atoms with Crippen molar-refractivity contribution in [3.63, 3.8) is 0 Å². The van der Waals surface area contributed by atoms with Gasteiger partial charge in [0.25, 0.3) is 5.91 Å². The monoisotopic (exact) mass is 284 g/mol. The summed E-state index contributed by atoms with van der Waals surface area (Å²) < 4.78 is 0. The van der Waals surface area contributed by atoms with E-state index in [1.165, 1.54) is 11.3 Å². The molecular weight excluding hydrogens is 272 g/mol. The summed E-state index contributed by atoms with van der Waals surface area (Å²) in [5, 5.41) is 6.55. The Bertz CT molecular complexity index is 718. The molecule has 2 amide bonds. The minimum atomic E-state index is -0.153. The second-order valence-electron chi connectivity index (χ2n) is 5.09. The minimum Gasteiger partial charge on any atom is -0.320 e. The van der Waals surface area contributed by atoms with Crippen LogP contribution < -0.4 is 10.2 Å². The van der Waals surface area contributed by atoms with Crippen molar-refractivity contribution in [1.82, 2.24) is 0 Å². The summed E-state index contributed by atoms with van der Waals surface area (Å²) in [4.78, 5) is 26.6. The highest BCUT2D eigenvalue weighted by Crippen LogP contribution is 2.43. The van der Waals surface area contributed by atoms with Gasteiger partial charge in [-0.15, -0.1) is 11.3 Å². The third-order valence-electron chi connectivity index (χ3n) is 3.67. The summed E-state index contributed by atoms with van der Waals surface area (Å²) in [6.45, 7) is 0. The molecule has 5 heteroatoms. The Kier molecular flexibility index (Phi) is 2.44. The highest BCUT2D eigenvalue weighted by molar-refractivity contribution is 7.08. The average molecular weight is 284 g/mol. The summed E-state index contributed by atoms with van der Waals surface area (Å²) in [5.74, 6) is 0.0393. The number of carbonyl (C=O) groups is 2. The van der Waals surface area contributed by atoms with Gasteiger partial charge in [-0.3, -0.25) is 14.5 Å². The van der Waals surface area contributed by atoms with E-state index in [4.69, 9.17) is 0 Å². The molecule has 1 aliphatic heterocycles. The van der Waals surface area contributed by atoms with Crippen LogP contribution in [0.4, 0.5) is 17.1 Å². The number of thiophene rings is 1. The molecule has 1 fully saturated rings. The molecule has 4 nitrogen and oxygen atoms in total. The van der Waals surface area contributed by atoms with Gasteiger partial charge < -0.3 is 5.32 Å². The van der Waals surface area contributed by atoms with Gasteiger partial charge in [0, 0.05) is 16.7 Å². The summed E-state index contributed by atoms with van der Waals surface area (Å²) in [6, 6.07) is 7.45. The SMILES string of the molecule is O=C1Nc2ccccc2N(C(=O)C2CC2)c2cscc21. The Morgan fingerprint density at radius 2 is 2.00 bits per heavy atom. The van der Waals surface area contributed by atoms with Crippen LogP contribution in [0.3, 0.4) is 0 Å². The number of benzene rings is 1. The lowest BCUT2D eigenvalue weighted by molar-refractivity contribution is -0.119. The molecule has 20 heavy (non-hydrogen) atoms. The first-order valence-corrected chi connectivity index (χ1v) is 7.50. The molecule has 2 heterocycles. The normalized spacial score (nSPS) is 17.0. The topological polar surface area (TPSA) is 49.4 Å². The highest BCUT2D eigenvalue weighted by Gasteiger charge is 2.38. The summed E-state index contributed by atoms with van der Waals surface area (Å²) in [5.41, 5.74) is 2.72. The van der Waals surface area contributed by atoms with Crippen molar-refractivity contribution >= 4 is 40.2 Å². The molecule has 0 atom stereocenters. The zero-order valence-electron chi connectivity index (χ0n) is 10.6. The average Bonchev–Trinajstić information content (AvgIpc) is 3.21. The van der Waals surface area contributed by atoms with E-state index in [-0.39, 0.29) is 17.7 Å². The van der Waals surface area contributed by atoms with Crippen LogP contribution in [0.5, 0.6) is 0 Å². The number of nitrogens with one attached hydrogen (secondary N) is 1. The summed E-state index contributed by atoms with van der Waals surface area (Å²) >= 11 is 1.44. The van der Waals surface area contributed by atoms with Crippen LogP contribution in [0.15, 0.2) is 35.0 Å². The Balaban J connectivity index is 1.94. The van der Waals surface area contributed by atoms with E-state index in [2.05, 4.69) is 5.32 Å². The first kappa shape index (κ1) is 11.7. The second-order valence-corrected chi connectivity index (χ2v) is 5.83. The number of hydrogen-bond donors (Lipinski definition) is 1. The first-order chi connectivity index (χ1) is 9.75. The lowest BCUT2D eigenvalue weighted by Gasteiger charge is -2.22. The number of amides is 2. The fraction of sp³-hybridized carbons (Fsp3) is 0.200. The minimum absolute atomic E-state index is 0.0913. The van der Waals surface area contributed by atoms with E-state index < -0.39 is 0 Å². The molecule has 0 saturated heterocycles. The standard InChI is InChI=1S/C15H12N2O2S/c18-14-10-7-20-8-13(10)17(15(19)9-5-6-9)12-4-2-1-3-11(12)16-14/h1-4,7-9H,5-6H2,(H,16,18). The van der Waals surface area contributed by atoms with Crippen molar-refractivity contribution in [1.29, 1.82) is 0 Å². The van der Waals surface area contributed by atoms with Gasteiger partial charge in [-0.05, 0) is 25.0 Å². The molecule has 4 rings (SSSR count). The van der Waals surface area contributed by atoms with E-state index in [1.807, 2.05) is 29.6 Å². The molecule has 0 spiro atoms. The fourth-order valence-corrected chi connectivity index (χ4v) is 3.27. The number of nitrogens with zero attached hydrogens (tertiary/aromatic N) is 1. The molecule has 1 aromatic heterocycles. The van der Waals surface area contributed by atoms with Crippen LogP contribution in [-0.4, -0.2) is 11.8 Å². The van der Waals surface area contributed by atoms with Crippen LogP contribution in [-0.2, 0) is 4.79 Å². The number of anilines is 3. The molecule has 1 aromatic carbocycles. The van der Waals surface area contributed by atoms with Crippen LogP contribution in [0.2, 0.25) is 0 Å². The number of fused-ring (bicyclic) bond motifs is 2. The summed E-state index contributed by atoms with van der Waals surface area (Å²) in [7, 11) is 0. The largest absolute Gasteiger partial charge is 0.320 e. The van der Waals surface area contributed by atoms with Crippen molar-refractivity contribution in [3.05, 3.63) is 40.6 Å². The Morgan fingerprint density at radius 3 is 2.80 bits per heavy atom. The van der Waals surface area contributed by atoms with Gasteiger partial charge in [-0.1, -0.05) is 12.1 Å². The third-order valence-corrected chi connectivity index (χ3v) is 4.40. The maximum Gasteiger partial charge on any atom is 0.258 e. The maximum atomic E-state index is 12.6. The summed E-state index contributed by atoms with van der Waals surface area (Å²) in [6.07, 6.45) is 1.89. The molecule has 0 radical (unpaired) electrons. The third kappa shape index (κ3) is 1.67. The first-order valence-electron chi connectivity index (χ1n) is 6.56. The van der Waals surface area contributed by atoms with Crippen LogP contribution >= 0.6 is 11.3 Å². The second kappa shape index (κ2) is 4.18. The van der Waals surface area contributed by atoms with E-state index in [0.29, 0.717) is 16.9 Å². The van der Waals surface area contributed by atoms with Crippen LogP contribution in [0.25, 0.3) is 0 Å². The molecule has 1 aliphatic carbocycles. The number of para-hydroxylation sites is 2. The van der Waals surface area contributed by atoms with Gasteiger partial charge in [0.05, 0.1) is 22.6 Å². The molecule has 100 valence electrons. The Morgan fingerprint density at radius 1 is 1.20 bits per heavy atom.